The summed E-state index contributed by atoms with van der Waals surface area (Å²) < 4.78 is 3.98. The van der Waals surface area contributed by atoms with E-state index < -0.39 is 29.2 Å². The van der Waals surface area contributed by atoms with Crippen molar-refractivity contribution in [2.45, 2.75) is 11.4 Å². The average Bonchev–Trinajstić information content (AvgIpc) is 3.18. The highest BCUT2D eigenvalue weighted by molar-refractivity contribution is 8.00. The maximum Gasteiger partial charge on any atom is 0.333 e. The van der Waals surface area contributed by atoms with Crippen molar-refractivity contribution in [2.24, 2.45) is 5.16 Å². The molecule has 0 aliphatic carbocycles. The highest BCUT2D eigenvalue weighted by atomic mass is 35.5. The Bertz CT molecular complexity index is 1120. The second-order valence-electron chi connectivity index (χ2n) is 6.30. The van der Waals surface area contributed by atoms with Crippen LogP contribution in [0.25, 0.3) is 0 Å². The number of carbonyl (C=O) groups is 3. The highest BCUT2D eigenvalue weighted by Gasteiger charge is 2.50. The predicted molar refractivity (Wildman–Crippen MR) is 114 cm³/mol. The fraction of sp³-hybridized carbons (Fsp3) is 0.176. The van der Waals surface area contributed by atoms with E-state index >= 15 is 0 Å². The summed E-state index contributed by atoms with van der Waals surface area (Å²) in [5, 5.41) is 15.7. The largest absolute Gasteiger partial charge is 0.478 e. The minimum Gasteiger partial charge on any atom is -0.478 e. The standard InChI is InChI=1S/C17H13ClN6O5S2/c18-8-1-3-9(4-2-8)29-22-10(12-21-17(19)31-23-12)13(25)20-11-14(26)24-5-7(16(27)28)6-30-15(11)24/h1-5,11,15H,6H2,(H,20,25)(H,27,28)(H2,19,21,23)/t11?,15-/m1/s1. The van der Waals surface area contributed by atoms with Crippen LogP contribution >= 0.6 is 34.9 Å². The monoisotopic (exact) mass is 480 g/mol. The van der Waals surface area contributed by atoms with E-state index in [1.54, 1.807) is 24.3 Å². The zero-order valence-electron chi connectivity index (χ0n) is 15.4. The van der Waals surface area contributed by atoms with Crippen molar-refractivity contribution in [1.29, 1.82) is 0 Å². The molecule has 1 fully saturated rings. The van der Waals surface area contributed by atoms with Crippen molar-refractivity contribution in [3.8, 4) is 5.75 Å². The number of nitrogens with one attached hydrogen (secondary N) is 1. The molecule has 14 heteroatoms. The van der Waals surface area contributed by atoms with Crippen LogP contribution in [0.3, 0.4) is 0 Å². The van der Waals surface area contributed by atoms with Gasteiger partial charge in [0, 0.05) is 28.5 Å². The van der Waals surface area contributed by atoms with Gasteiger partial charge in [-0.25, -0.2) is 4.79 Å². The Balaban J connectivity index is 1.52. The van der Waals surface area contributed by atoms with E-state index in [9.17, 15) is 14.4 Å². The number of oxime groups is 1. The first kappa shape index (κ1) is 21.1. The lowest BCUT2D eigenvalue weighted by Crippen LogP contribution is -2.69. The number of amides is 2. The minimum absolute atomic E-state index is 0.0538. The van der Waals surface area contributed by atoms with E-state index in [0.29, 0.717) is 10.8 Å². The lowest BCUT2D eigenvalue weighted by atomic mass is 10.1. The third-order valence-electron chi connectivity index (χ3n) is 4.27. The van der Waals surface area contributed by atoms with Gasteiger partial charge in [-0.1, -0.05) is 16.8 Å². The molecule has 0 saturated carbocycles. The number of rotatable bonds is 6. The van der Waals surface area contributed by atoms with Crippen LogP contribution in [-0.2, 0) is 14.4 Å². The maximum atomic E-state index is 12.9. The molecule has 0 spiro atoms. The fourth-order valence-electron chi connectivity index (χ4n) is 2.75. The first-order valence-electron chi connectivity index (χ1n) is 8.62. The number of aliphatic carboxylic acids is 1. The Morgan fingerprint density at radius 2 is 2.10 bits per heavy atom. The van der Waals surface area contributed by atoms with Crippen molar-refractivity contribution in [3.63, 3.8) is 0 Å². The van der Waals surface area contributed by atoms with E-state index in [0.717, 1.165) is 11.5 Å². The number of nitrogen functional groups attached to an aromatic ring is 1. The fourth-order valence-corrected chi connectivity index (χ4v) is 4.56. The van der Waals surface area contributed by atoms with Gasteiger partial charge in [0.25, 0.3) is 11.8 Å². The van der Waals surface area contributed by atoms with Gasteiger partial charge in [0.05, 0.1) is 5.57 Å². The quantitative estimate of drug-likeness (QED) is 0.310. The number of carbonyl (C=O) groups excluding carboxylic acids is 2. The second-order valence-corrected chi connectivity index (χ2v) is 8.62. The molecule has 2 aliphatic heterocycles. The molecule has 2 amide bonds. The number of fused-ring (bicyclic) bond motifs is 1. The number of hydrogen-bond donors (Lipinski definition) is 3. The highest BCUT2D eigenvalue weighted by Crippen LogP contribution is 2.36. The molecule has 1 unspecified atom stereocenters. The summed E-state index contributed by atoms with van der Waals surface area (Å²) in [6.45, 7) is 0. The Hall–Kier alpha value is -3.16. The van der Waals surface area contributed by atoms with Crippen LogP contribution in [0.5, 0.6) is 5.75 Å². The van der Waals surface area contributed by atoms with Gasteiger partial charge in [0.1, 0.15) is 11.4 Å². The summed E-state index contributed by atoms with van der Waals surface area (Å²) in [7, 11) is 0. The van der Waals surface area contributed by atoms with Gasteiger partial charge in [-0.15, -0.1) is 11.8 Å². The van der Waals surface area contributed by atoms with E-state index in [-0.39, 0.29) is 28.0 Å². The molecule has 2 aliphatic rings. The SMILES string of the molecule is Nc1nc(C(=NOc2ccc(Cl)cc2)C(=O)NC2C(=O)N3C=C(C(=O)O)CS[C@H]23)ns1. The number of carboxylic acids is 1. The number of thioether (sulfide) groups is 1. The predicted octanol–water partition coefficient (Wildman–Crippen LogP) is 0.925. The average molecular weight is 481 g/mol. The van der Waals surface area contributed by atoms with Crippen LogP contribution in [-0.4, -0.2) is 60.0 Å². The Morgan fingerprint density at radius 3 is 2.74 bits per heavy atom. The van der Waals surface area contributed by atoms with Crippen LogP contribution in [0.1, 0.15) is 5.82 Å². The molecule has 1 saturated heterocycles. The van der Waals surface area contributed by atoms with Crippen LogP contribution in [0.15, 0.2) is 41.2 Å². The summed E-state index contributed by atoms with van der Waals surface area (Å²) in [6, 6.07) is 5.43. The normalized spacial score (nSPS) is 20.4. The van der Waals surface area contributed by atoms with Crippen molar-refractivity contribution >= 4 is 63.5 Å². The summed E-state index contributed by atoms with van der Waals surface area (Å²) in [4.78, 5) is 46.9. The Morgan fingerprint density at radius 1 is 1.35 bits per heavy atom. The molecule has 2 aromatic rings. The molecular formula is C17H13ClN6O5S2. The maximum absolute atomic E-state index is 12.9. The molecule has 4 rings (SSSR count). The number of anilines is 1. The van der Waals surface area contributed by atoms with E-state index in [1.807, 2.05) is 0 Å². The third kappa shape index (κ3) is 4.33. The van der Waals surface area contributed by atoms with Crippen LogP contribution in [0.2, 0.25) is 5.02 Å². The summed E-state index contributed by atoms with van der Waals surface area (Å²) >= 11 is 7.95. The molecule has 31 heavy (non-hydrogen) atoms. The number of aromatic nitrogens is 2. The van der Waals surface area contributed by atoms with Gasteiger partial charge < -0.3 is 25.9 Å². The van der Waals surface area contributed by atoms with Gasteiger partial charge in [-0.3, -0.25) is 9.59 Å². The van der Waals surface area contributed by atoms with Crippen molar-refractivity contribution < 1.29 is 24.3 Å². The first-order valence-corrected chi connectivity index (χ1v) is 10.8. The zero-order chi connectivity index (χ0) is 22.1. The van der Waals surface area contributed by atoms with Gasteiger partial charge in [0.2, 0.25) is 11.5 Å². The van der Waals surface area contributed by atoms with Gasteiger partial charge in [-0.05, 0) is 24.3 Å². The Labute approximate surface area is 188 Å². The van der Waals surface area contributed by atoms with Crippen LogP contribution in [0, 0.1) is 0 Å². The van der Waals surface area contributed by atoms with E-state index in [1.165, 1.54) is 22.9 Å². The minimum atomic E-state index is -1.09. The molecular weight excluding hydrogens is 468 g/mol. The van der Waals surface area contributed by atoms with Gasteiger partial charge in [0.15, 0.2) is 10.9 Å². The second kappa shape index (κ2) is 8.53. The molecule has 3 heterocycles. The number of nitrogens with two attached hydrogens (primary N) is 1. The molecule has 0 radical (unpaired) electrons. The lowest BCUT2D eigenvalue weighted by molar-refractivity contribution is -0.144. The molecule has 1 aromatic heterocycles. The number of benzene rings is 1. The number of halogens is 1. The lowest BCUT2D eigenvalue weighted by Gasteiger charge is -2.46. The third-order valence-corrected chi connectivity index (χ3v) is 6.38. The molecule has 1 aromatic carbocycles. The summed E-state index contributed by atoms with van der Waals surface area (Å²) in [5.41, 5.74) is 5.45. The molecule has 0 bridgehead atoms. The zero-order valence-corrected chi connectivity index (χ0v) is 17.8. The number of β-lactam (4-membered cyclic amide) rings is 1. The summed E-state index contributed by atoms with van der Waals surface area (Å²) in [6.07, 6.45) is 1.29. The van der Waals surface area contributed by atoms with Crippen molar-refractivity contribution in [1.82, 2.24) is 19.6 Å². The first-order chi connectivity index (χ1) is 14.8. The van der Waals surface area contributed by atoms with Gasteiger partial charge in [-0.2, -0.15) is 9.36 Å². The molecule has 11 nitrogen and oxygen atoms in total. The van der Waals surface area contributed by atoms with Gasteiger partial charge >= 0.3 is 5.97 Å². The molecule has 4 N–H and O–H groups in total. The van der Waals surface area contributed by atoms with Crippen molar-refractivity contribution in [3.05, 3.63) is 46.9 Å². The van der Waals surface area contributed by atoms with Crippen LogP contribution in [0.4, 0.5) is 5.13 Å². The molecule has 2 atom stereocenters. The van der Waals surface area contributed by atoms with E-state index in [4.69, 9.17) is 27.3 Å². The Kier molecular flexibility index (Phi) is 5.80. The smallest absolute Gasteiger partial charge is 0.333 e. The summed E-state index contributed by atoms with van der Waals surface area (Å²) in [5.74, 6) is -1.79. The van der Waals surface area contributed by atoms with Crippen molar-refractivity contribution in [2.75, 3.05) is 11.5 Å². The number of carboxylic acid groups (broad SMARTS) is 1. The van der Waals surface area contributed by atoms with E-state index in [2.05, 4.69) is 19.8 Å². The topological polar surface area (TPSA) is 160 Å². The number of nitrogens with zero attached hydrogens (tertiary/aromatic N) is 4. The molecule has 160 valence electrons. The van der Waals surface area contributed by atoms with Crippen LogP contribution < -0.4 is 15.9 Å². The number of hydrogen-bond acceptors (Lipinski definition) is 10.